The normalized spacial score (nSPS) is 10.4. The summed E-state index contributed by atoms with van der Waals surface area (Å²) in [5.41, 5.74) is 7.76. The second-order valence-corrected chi connectivity index (χ2v) is 3.40. The molecule has 13 heavy (non-hydrogen) atoms. The van der Waals surface area contributed by atoms with Crippen molar-refractivity contribution in [2.24, 2.45) is 5.73 Å². The van der Waals surface area contributed by atoms with Gasteiger partial charge >= 0.3 is 0 Å². The minimum absolute atomic E-state index is 0.666. The van der Waals surface area contributed by atoms with Gasteiger partial charge in [0.25, 0.3) is 0 Å². The predicted molar refractivity (Wildman–Crippen MR) is 57.0 cm³/mol. The van der Waals surface area contributed by atoms with E-state index in [1.807, 2.05) is 19.1 Å². The van der Waals surface area contributed by atoms with Crippen LogP contribution in [0.25, 0.3) is 0 Å². The highest BCUT2D eigenvalue weighted by atomic mass is 35.5. The van der Waals surface area contributed by atoms with Gasteiger partial charge in [0.05, 0.1) is 0 Å². The maximum absolute atomic E-state index is 5.97. The zero-order valence-corrected chi connectivity index (χ0v) is 8.56. The van der Waals surface area contributed by atoms with Crippen LogP contribution in [0.3, 0.4) is 0 Å². The molecule has 0 aliphatic rings. The number of halogens is 1. The zero-order valence-electron chi connectivity index (χ0n) is 7.81. The number of nitrogens with one attached hydrogen (secondary N) is 1. The van der Waals surface area contributed by atoms with Gasteiger partial charge in [-0.3, -0.25) is 0 Å². The molecule has 0 aliphatic heterocycles. The molecule has 1 aromatic carbocycles. The second kappa shape index (κ2) is 5.22. The molecule has 72 valence electrons. The van der Waals surface area contributed by atoms with Crippen LogP contribution in [0.1, 0.15) is 11.1 Å². The van der Waals surface area contributed by atoms with Crippen molar-refractivity contribution in [1.82, 2.24) is 5.32 Å². The SMILES string of the molecule is Cc1c(Cl)cccc1CNCCN. The van der Waals surface area contributed by atoms with Crippen LogP contribution in [-0.2, 0) is 6.54 Å². The molecule has 0 radical (unpaired) electrons. The van der Waals surface area contributed by atoms with Crippen LogP contribution < -0.4 is 11.1 Å². The molecule has 3 N–H and O–H groups in total. The maximum Gasteiger partial charge on any atom is 0.0438 e. The van der Waals surface area contributed by atoms with Gasteiger partial charge in [0.15, 0.2) is 0 Å². The van der Waals surface area contributed by atoms with Crippen LogP contribution >= 0.6 is 11.6 Å². The topological polar surface area (TPSA) is 38.0 Å². The van der Waals surface area contributed by atoms with E-state index in [0.717, 1.165) is 23.7 Å². The van der Waals surface area contributed by atoms with Crippen LogP contribution in [0.5, 0.6) is 0 Å². The minimum atomic E-state index is 0.666. The van der Waals surface area contributed by atoms with Gasteiger partial charge < -0.3 is 11.1 Å². The summed E-state index contributed by atoms with van der Waals surface area (Å²) in [6.07, 6.45) is 0. The van der Waals surface area contributed by atoms with Crippen LogP contribution in [0, 0.1) is 6.92 Å². The average molecular weight is 199 g/mol. The summed E-state index contributed by atoms with van der Waals surface area (Å²) in [6, 6.07) is 5.95. The van der Waals surface area contributed by atoms with E-state index in [1.165, 1.54) is 5.56 Å². The van der Waals surface area contributed by atoms with Gasteiger partial charge in [-0.2, -0.15) is 0 Å². The molecule has 0 atom stereocenters. The fourth-order valence-electron chi connectivity index (χ4n) is 1.17. The molecule has 0 saturated carbocycles. The van der Waals surface area contributed by atoms with E-state index in [9.17, 15) is 0 Å². The maximum atomic E-state index is 5.97. The van der Waals surface area contributed by atoms with Crippen molar-refractivity contribution in [2.45, 2.75) is 13.5 Å². The molecule has 0 unspecified atom stereocenters. The van der Waals surface area contributed by atoms with Gasteiger partial charge in [-0.25, -0.2) is 0 Å². The van der Waals surface area contributed by atoms with Crippen LogP contribution in [0.4, 0.5) is 0 Å². The Morgan fingerprint density at radius 1 is 1.46 bits per heavy atom. The average Bonchev–Trinajstić information content (AvgIpc) is 2.13. The Bertz CT molecular complexity index is 274. The monoisotopic (exact) mass is 198 g/mol. The standard InChI is InChI=1S/C10H15ClN2/c1-8-9(7-13-6-5-12)3-2-4-10(8)11/h2-4,13H,5-7,12H2,1H3. The number of nitrogens with two attached hydrogens (primary N) is 1. The van der Waals surface area contributed by atoms with E-state index in [0.29, 0.717) is 6.54 Å². The van der Waals surface area contributed by atoms with Gasteiger partial charge in [0.2, 0.25) is 0 Å². The Hall–Kier alpha value is -0.570. The number of rotatable bonds is 4. The summed E-state index contributed by atoms with van der Waals surface area (Å²) in [5.74, 6) is 0. The molecule has 0 fully saturated rings. The Morgan fingerprint density at radius 3 is 2.92 bits per heavy atom. The number of benzene rings is 1. The molecule has 2 nitrogen and oxygen atoms in total. The molecular weight excluding hydrogens is 184 g/mol. The third-order valence-corrected chi connectivity index (χ3v) is 2.43. The van der Waals surface area contributed by atoms with E-state index >= 15 is 0 Å². The van der Waals surface area contributed by atoms with Gasteiger partial charge in [0, 0.05) is 24.7 Å². The second-order valence-electron chi connectivity index (χ2n) is 2.99. The molecule has 1 aromatic rings. The smallest absolute Gasteiger partial charge is 0.0438 e. The van der Waals surface area contributed by atoms with Crippen molar-refractivity contribution in [1.29, 1.82) is 0 Å². The van der Waals surface area contributed by atoms with Crippen LogP contribution in [-0.4, -0.2) is 13.1 Å². The lowest BCUT2D eigenvalue weighted by Crippen LogP contribution is -2.22. The molecule has 0 amide bonds. The Labute approximate surface area is 84.1 Å². The lowest BCUT2D eigenvalue weighted by Gasteiger charge is -2.07. The fourth-order valence-corrected chi connectivity index (χ4v) is 1.36. The van der Waals surface area contributed by atoms with E-state index in [2.05, 4.69) is 11.4 Å². The molecule has 0 aromatic heterocycles. The van der Waals surface area contributed by atoms with Crippen molar-refractivity contribution in [2.75, 3.05) is 13.1 Å². The molecule has 3 heteroatoms. The van der Waals surface area contributed by atoms with Gasteiger partial charge in [-0.05, 0) is 24.1 Å². The lowest BCUT2D eigenvalue weighted by molar-refractivity contribution is 0.692. The Balaban J connectivity index is 2.61. The highest BCUT2D eigenvalue weighted by Gasteiger charge is 2.00. The molecule has 1 rings (SSSR count). The summed E-state index contributed by atoms with van der Waals surface area (Å²) >= 11 is 5.97. The first-order valence-corrected chi connectivity index (χ1v) is 4.78. The third kappa shape index (κ3) is 2.99. The quantitative estimate of drug-likeness (QED) is 0.723. The summed E-state index contributed by atoms with van der Waals surface area (Å²) in [4.78, 5) is 0. The number of hydrogen-bond acceptors (Lipinski definition) is 2. The van der Waals surface area contributed by atoms with Crippen LogP contribution in [0.15, 0.2) is 18.2 Å². The highest BCUT2D eigenvalue weighted by molar-refractivity contribution is 6.31. The first-order valence-electron chi connectivity index (χ1n) is 4.40. The summed E-state index contributed by atoms with van der Waals surface area (Å²) < 4.78 is 0. The summed E-state index contributed by atoms with van der Waals surface area (Å²) in [6.45, 7) is 4.37. The molecule has 0 aliphatic carbocycles. The van der Waals surface area contributed by atoms with Gasteiger partial charge in [-0.15, -0.1) is 0 Å². The van der Waals surface area contributed by atoms with Gasteiger partial charge in [-0.1, -0.05) is 23.7 Å². The number of hydrogen-bond donors (Lipinski definition) is 2. The highest BCUT2D eigenvalue weighted by Crippen LogP contribution is 2.18. The predicted octanol–water partition coefficient (Wildman–Crippen LogP) is 1.70. The lowest BCUT2D eigenvalue weighted by atomic mass is 10.1. The van der Waals surface area contributed by atoms with E-state index in [-0.39, 0.29) is 0 Å². The fraction of sp³-hybridized carbons (Fsp3) is 0.400. The van der Waals surface area contributed by atoms with E-state index in [1.54, 1.807) is 0 Å². The molecule has 0 saturated heterocycles. The minimum Gasteiger partial charge on any atom is -0.329 e. The van der Waals surface area contributed by atoms with Crippen LogP contribution in [0.2, 0.25) is 5.02 Å². The molecular formula is C10H15ClN2. The Kier molecular flexibility index (Phi) is 4.22. The molecule has 0 bridgehead atoms. The third-order valence-electron chi connectivity index (χ3n) is 2.02. The Morgan fingerprint density at radius 2 is 2.23 bits per heavy atom. The van der Waals surface area contributed by atoms with Crippen molar-refractivity contribution >= 4 is 11.6 Å². The van der Waals surface area contributed by atoms with Crippen molar-refractivity contribution in [3.63, 3.8) is 0 Å². The first kappa shape index (κ1) is 10.5. The molecule has 0 spiro atoms. The summed E-state index contributed by atoms with van der Waals surface area (Å²) in [5, 5.41) is 4.06. The van der Waals surface area contributed by atoms with Crippen molar-refractivity contribution in [3.8, 4) is 0 Å². The van der Waals surface area contributed by atoms with E-state index in [4.69, 9.17) is 17.3 Å². The van der Waals surface area contributed by atoms with E-state index < -0.39 is 0 Å². The largest absolute Gasteiger partial charge is 0.329 e. The summed E-state index contributed by atoms with van der Waals surface area (Å²) in [7, 11) is 0. The molecule has 0 heterocycles. The first-order chi connectivity index (χ1) is 6.25. The van der Waals surface area contributed by atoms with Gasteiger partial charge in [0.1, 0.15) is 0 Å². The zero-order chi connectivity index (χ0) is 9.68. The van der Waals surface area contributed by atoms with Crippen molar-refractivity contribution in [3.05, 3.63) is 34.3 Å². The van der Waals surface area contributed by atoms with Crippen molar-refractivity contribution < 1.29 is 0 Å².